The normalized spacial score (nSPS) is 25.2. The average molecular weight is 1420 g/mol. The third-order valence-electron chi connectivity index (χ3n) is 19.2. The van der Waals surface area contributed by atoms with E-state index in [2.05, 4.69) is 26.6 Å². The summed E-state index contributed by atoms with van der Waals surface area (Å²) < 4.78 is 44.4. The maximum absolute atomic E-state index is 15.4. The number of aliphatic hydroxyl groups excluding tert-OH is 2. The fourth-order valence-corrected chi connectivity index (χ4v) is 14.1. The zero-order valence-electron chi connectivity index (χ0n) is 57.1. The smallest absolute Gasteiger partial charge is 0.408 e. The minimum atomic E-state index is -2.47. The van der Waals surface area contributed by atoms with Gasteiger partial charge in [0.2, 0.25) is 35.6 Å². The van der Waals surface area contributed by atoms with Crippen molar-refractivity contribution in [3.63, 3.8) is 0 Å². The first kappa shape index (κ1) is 78.4. The number of amides is 6. The fourth-order valence-electron chi connectivity index (χ4n) is 13.9. The maximum Gasteiger partial charge on any atom is 0.408 e. The lowest BCUT2D eigenvalue weighted by molar-refractivity contribution is -0.319. The van der Waals surface area contributed by atoms with E-state index >= 15 is 9.59 Å². The highest BCUT2D eigenvalue weighted by Gasteiger charge is 2.76. The van der Waals surface area contributed by atoms with Gasteiger partial charge in [-0.15, -0.1) is 0 Å². The number of aliphatic hydroxyl groups is 3. The second-order valence-electron chi connectivity index (χ2n) is 27.6. The molecule has 27 nitrogen and oxygen atoms in total. The molecule has 11 N–H and O–H groups in total. The fraction of sp³-hybridized carbons (Fsp3) is 0.521. The number of hydrogen-bond donors (Lipinski definition) is 10. The molecule has 4 aliphatic rings. The third-order valence-corrected chi connectivity index (χ3v) is 19.4. The first-order chi connectivity index (χ1) is 46.8. The number of ether oxygens (including phenoxy) is 5. The monoisotopic (exact) mass is 1410 g/mol. The molecule has 3 aromatic rings. The van der Waals surface area contributed by atoms with Crippen LogP contribution in [0.25, 0.3) is 6.08 Å². The van der Waals surface area contributed by atoms with Crippen molar-refractivity contribution in [2.45, 2.75) is 199 Å². The van der Waals surface area contributed by atoms with Crippen molar-refractivity contribution >= 4 is 88.7 Å². The molecule has 7 rings (SSSR count). The van der Waals surface area contributed by atoms with Crippen molar-refractivity contribution in [3.05, 3.63) is 124 Å². The highest BCUT2D eigenvalue weighted by atomic mass is 35.5. The number of halogens is 2. The number of unbranched alkanes of at least 4 members (excludes halogenated alkanes) is 1. The van der Waals surface area contributed by atoms with Gasteiger partial charge in [-0.1, -0.05) is 80.0 Å². The van der Waals surface area contributed by atoms with Gasteiger partial charge in [0.15, 0.2) is 5.78 Å². The summed E-state index contributed by atoms with van der Waals surface area (Å²) in [5, 5.41) is 61.0. The highest BCUT2D eigenvalue weighted by molar-refractivity contribution is 6.30. The summed E-state index contributed by atoms with van der Waals surface area (Å²) >= 11 is 5.76. The molecule has 0 radical (unpaired) electrons. The lowest BCUT2D eigenvalue weighted by atomic mass is 9.41. The number of carbonyl (C=O) groups excluding carboxylic acids is 11. The molecule has 0 aromatic heterocycles. The lowest BCUT2D eigenvalue weighted by Gasteiger charge is -2.68. The topological polar surface area (TPSA) is 418 Å². The van der Waals surface area contributed by atoms with Crippen LogP contribution in [0.3, 0.4) is 0 Å². The van der Waals surface area contributed by atoms with Crippen LogP contribution in [-0.2, 0) is 71.6 Å². The summed E-state index contributed by atoms with van der Waals surface area (Å²) in [6.07, 6.45) is -12.1. The Labute approximate surface area is 582 Å². The summed E-state index contributed by atoms with van der Waals surface area (Å²) in [6, 6.07) is 13.6. The number of esters is 3. The van der Waals surface area contributed by atoms with E-state index in [1.165, 1.54) is 77.9 Å². The van der Waals surface area contributed by atoms with Crippen molar-refractivity contribution < 1.29 is 106 Å². The molecular formula is C71H88ClFN6O21. The Bertz CT molecular complexity index is 3680. The number of aliphatic carboxylic acids is 1. The number of carbonyl (C=O) groups is 12. The Morgan fingerprint density at radius 2 is 1.50 bits per heavy atom. The molecule has 3 aromatic carbocycles. The van der Waals surface area contributed by atoms with Crippen LogP contribution in [0.1, 0.15) is 154 Å². The molecule has 1 aliphatic heterocycles. The Morgan fingerprint density at radius 1 is 0.840 bits per heavy atom. The number of Topliss-reactive ketones (excluding diaryl/α,β-unsaturated/α-hetero) is 2. The van der Waals surface area contributed by atoms with Gasteiger partial charge in [-0.25, -0.2) is 23.6 Å². The predicted molar refractivity (Wildman–Crippen MR) is 355 cm³/mol. The molecule has 542 valence electrons. The molecule has 1 saturated heterocycles. The van der Waals surface area contributed by atoms with Crippen molar-refractivity contribution in [2.75, 3.05) is 13.2 Å². The quantitative estimate of drug-likeness (QED) is 0.0146. The molecule has 2 bridgehead atoms. The molecule has 0 spiro atoms. The first-order valence-corrected chi connectivity index (χ1v) is 33.2. The van der Waals surface area contributed by atoms with Gasteiger partial charge in [0.25, 0.3) is 0 Å². The van der Waals surface area contributed by atoms with Gasteiger partial charge < -0.3 is 81.2 Å². The number of carboxylic acid groups (broad SMARTS) is 1. The van der Waals surface area contributed by atoms with Gasteiger partial charge in [-0.05, 0) is 121 Å². The van der Waals surface area contributed by atoms with E-state index in [-0.39, 0.29) is 90.3 Å². The van der Waals surface area contributed by atoms with E-state index in [0.29, 0.717) is 0 Å². The molecule has 3 fully saturated rings. The maximum atomic E-state index is 15.4. The standard InChI is InChI=1S/C71H88ClFN6O21/c1-37(80)34-70-36-96-49(70)33-48(81)69(9)58(70)60(99-64(92)42-20-14-11-15-21-42)71(95)35-47(38(2)54(68(71,7)8)56(86)59(69)87)97-65(93)57(55(41-18-12-10-13-19-41)79-66(94)100-67(4,5)6)98-53(85)30-29-50(82)75-31-17-16-22-46(63(90)91)77-52(84)28-26-45(61(74)88)78-62(89)39(3)76-51(83)27-24-40-23-25-43(72)32-44(40)73/h10-15,18-21,23-25,27,32,39,45-49,55-58,60,81,86,95H,16-17,22,26,28-31,33-36H2,1-9H3,(H2,74,88)(H,75,82)(H,76,83)(H,77,84)(H,78,89)(H,79,94)(H,90,91)/b27-24+/t39-,45+,46?,47-,48-,49+,55-,56+,57+,58-,60-,69+,70+,71+/m0/s1. The van der Waals surface area contributed by atoms with E-state index in [0.717, 1.165) is 18.2 Å². The van der Waals surface area contributed by atoms with Gasteiger partial charge in [-0.2, -0.15) is 0 Å². The lowest BCUT2D eigenvalue weighted by Crippen LogP contribution is -2.78. The zero-order valence-corrected chi connectivity index (χ0v) is 57.8. The number of fused-ring (bicyclic) bond motifs is 5. The SMILES string of the molecule is CC(=O)C[C@@]12CO[C@@H]1C[C@H](O)[C@@]1(C)C(=O)[C@H](O)C3=C(C)[C@@H](OC(=O)[C@H](OC(=O)CCC(=O)NCCCCC(NC(=O)CC[C@@H](NC(=O)[C@H](C)NC(=O)/C=C/c4ccc(Cl)cc4F)C(N)=O)C(=O)O)[C@@H](NC(=O)OC(C)(C)C)c4ccccc4)C[C@@](O)([C@@H](OC(=O)c4ccccc4)[C@H]21)C3(C)C. The summed E-state index contributed by atoms with van der Waals surface area (Å²) in [5.74, 6) is -12.5. The van der Waals surface area contributed by atoms with Crippen molar-refractivity contribution in [1.29, 1.82) is 0 Å². The summed E-state index contributed by atoms with van der Waals surface area (Å²) in [6.45, 7) is 13.0. The number of alkyl carbamates (subject to hydrolysis) is 1. The number of primary amides is 1. The number of nitrogens with one attached hydrogen (secondary N) is 5. The number of hydrogen-bond acceptors (Lipinski definition) is 20. The van der Waals surface area contributed by atoms with E-state index in [4.69, 9.17) is 41.0 Å². The number of benzene rings is 3. The van der Waals surface area contributed by atoms with Crippen LogP contribution in [-0.4, -0.2) is 171 Å². The molecular weight excluding hydrogens is 1330 g/mol. The second-order valence-corrected chi connectivity index (χ2v) is 28.1. The molecule has 100 heavy (non-hydrogen) atoms. The molecule has 1 heterocycles. The van der Waals surface area contributed by atoms with Crippen LogP contribution in [0.4, 0.5) is 9.18 Å². The Kier molecular flexibility index (Phi) is 25.5. The molecule has 14 atom stereocenters. The van der Waals surface area contributed by atoms with Crippen LogP contribution in [0.2, 0.25) is 5.02 Å². The van der Waals surface area contributed by atoms with Crippen molar-refractivity contribution in [2.24, 2.45) is 27.9 Å². The Hall–Kier alpha value is -8.96. The van der Waals surface area contributed by atoms with Gasteiger partial charge >= 0.3 is 30.0 Å². The summed E-state index contributed by atoms with van der Waals surface area (Å²) in [7, 11) is 0. The summed E-state index contributed by atoms with van der Waals surface area (Å²) in [5.41, 5.74) is -3.09. The predicted octanol–water partition coefficient (Wildman–Crippen LogP) is 4.87. The Morgan fingerprint density at radius 3 is 2.10 bits per heavy atom. The highest BCUT2D eigenvalue weighted by Crippen LogP contribution is 2.67. The number of nitrogens with two attached hydrogens (primary N) is 1. The van der Waals surface area contributed by atoms with Gasteiger partial charge in [0, 0.05) is 72.1 Å². The molecule has 2 saturated carbocycles. The van der Waals surface area contributed by atoms with Gasteiger partial charge in [0.05, 0.1) is 36.2 Å². The minimum Gasteiger partial charge on any atom is -0.480 e. The summed E-state index contributed by atoms with van der Waals surface area (Å²) in [4.78, 5) is 163. The van der Waals surface area contributed by atoms with Gasteiger partial charge in [0.1, 0.15) is 65.3 Å². The van der Waals surface area contributed by atoms with Crippen LogP contribution >= 0.6 is 11.6 Å². The third kappa shape index (κ3) is 18.1. The van der Waals surface area contributed by atoms with E-state index in [9.17, 15) is 72.8 Å². The van der Waals surface area contributed by atoms with Crippen molar-refractivity contribution in [1.82, 2.24) is 26.6 Å². The van der Waals surface area contributed by atoms with Crippen LogP contribution < -0.4 is 32.3 Å². The molecule has 6 amide bonds. The second kappa shape index (κ2) is 32.6. The number of ketones is 2. The number of rotatable bonds is 29. The van der Waals surface area contributed by atoms with E-state index < -0.39 is 191 Å². The number of carboxylic acids is 1. The average Bonchev–Trinajstić information content (AvgIpc) is 0.670. The zero-order chi connectivity index (χ0) is 74.0. The van der Waals surface area contributed by atoms with E-state index in [1.54, 1.807) is 57.2 Å². The van der Waals surface area contributed by atoms with Gasteiger partial charge in [-0.3, -0.25) is 33.6 Å². The van der Waals surface area contributed by atoms with Crippen LogP contribution in [0.15, 0.2) is 96.1 Å². The van der Waals surface area contributed by atoms with Crippen LogP contribution in [0, 0.1) is 28.0 Å². The largest absolute Gasteiger partial charge is 0.480 e. The molecule has 3 aliphatic carbocycles. The minimum absolute atomic E-state index is 0.0310. The molecule has 29 heteroatoms. The van der Waals surface area contributed by atoms with Crippen LogP contribution in [0.5, 0.6) is 0 Å². The Balaban J connectivity index is 1.04. The molecule has 1 unspecified atom stereocenters. The first-order valence-electron chi connectivity index (χ1n) is 32.8. The van der Waals surface area contributed by atoms with Crippen molar-refractivity contribution in [3.8, 4) is 0 Å². The van der Waals surface area contributed by atoms with E-state index in [1.807, 2.05) is 0 Å².